The summed E-state index contributed by atoms with van der Waals surface area (Å²) in [5.74, 6) is -3.90. The SMILES string of the molecule is Cc1ccc(/C(F)=C/C(c2cc(Cl)c(Cl)c(Br)c2)C(F)(F)F)cc1C(F)(F)F. The van der Waals surface area contributed by atoms with E-state index in [1.54, 1.807) is 0 Å². The van der Waals surface area contributed by atoms with Gasteiger partial charge in [0, 0.05) is 10.0 Å². The molecule has 0 N–H and O–H groups in total. The molecular weight excluding hydrogens is 500 g/mol. The number of rotatable bonds is 3. The fourth-order valence-electron chi connectivity index (χ4n) is 2.45. The third kappa shape index (κ3) is 5.21. The summed E-state index contributed by atoms with van der Waals surface area (Å²) in [5.41, 5.74) is -2.35. The molecule has 1 unspecified atom stereocenters. The summed E-state index contributed by atoms with van der Waals surface area (Å²) in [7, 11) is 0. The van der Waals surface area contributed by atoms with Crippen LogP contribution in [0.4, 0.5) is 30.7 Å². The van der Waals surface area contributed by atoms with Gasteiger partial charge >= 0.3 is 12.4 Å². The molecule has 0 radical (unpaired) electrons. The Bertz CT molecular complexity index is 894. The van der Waals surface area contributed by atoms with Crippen molar-refractivity contribution in [3.63, 3.8) is 0 Å². The van der Waals surface area contributed by atoms with E-state index in [1.165, 1.54) is 6.92 Å². The van der Waals surface area contributed by atoms with Crippen LogP contribution in [0.5, 0.6) is 0 Å². The van der Waals surface area contributed by atoms with Crippen LogP contribution in [0.25, 0.3) is 5.83 Å². The molecule has 0 bridgehead atoms. The Balaban J connectivity index is 2.57. The maximum atomic E-state index is 14.5. The van der Waals surface area contributed by atoms with Crippen LogP contribution in [-0.2, 0) is 6.18 Å². The molecule has 0 spiro atoms. The van der Waals surface area contributed by atoms with E-state index in [1.807, 2.05) is 0 Å². The fraction of sp³-hybridized carbons (Fsp3) is 0.222. The largest absolute Gasteiger partial charge is 0.416 e. The number of aryl methyl sites for hydroxylation is 1. The minimum Gasteiger partial charge on any atom is -0.207 e. The van der Waals surface area contributed by atoms with Crippen molar-refractivity contribution in [1.29, 1.82) is 0 Å². The number of benzene rings is 2. The first kappa shape index (κ1) is 23.0. The Kier molecular flexibility index (Phi) is 6.78. The molecule has 0 saturated heterocycles. The zero-order valence-electron chi connectivity index (χ0n) is 13.8. The van der Waals surface area contributed by atoms with E-state index in [9.17, 15) is 30.7 Å². The van der Waals surface area contributed by atoms with E-state index in [2.05, 4.69) is 15.9 Å². The summed E-state index contributed by atoms with van der Waals surface area (Å²) in [6.45, 7) is 1.17. The number of alkyl halides is 6. The maximum absolute atomic E-state index is 14.5. The van der Waals surface area contributed by atoms with Gasteiger partial charge in [0.15, 0.2) is 0 Å². The van der Waals surface area contributed by atoms with Crippen molar-refractivity contribution in [3.05, 3.63) is 73.2 Å². The minimum absolute atomic E-state index is 0.0239. The van der Waals surface area contributed by atoms with Crippen LogP contribution < -0.4 is 0 Å². The lowest BCUT2D eigenvalue weighted by molar-refractivity contribution is -0.140. The predicted octanol–water partition coefficient (Wildman–Crippen LogP) is 8.74. The molecule has 28 heavy (non-hydrogen) atoms. The highest BCUT2D eigenvalue weighted by molar-refractivity contribution is 9.10. The van der Waals surface area contributed by atoms with Crippen LogP contribution >= 0.6 is 39.1 Å². The molecule has 0 fully saturated rings. The van der Waals surface area contributed by atoms with Crippen molar-refractivity contribution >= 4 is 45.0 Å². The average Bonchev–Trinajstić information content (AvgIpc) is 2.55. The number of allylic oxidation sites excluding steroid dienone is 1. The second-order valence-corrected chi connectivity index (χ2v) is 7.50. The minimum atomic E-state index is -4.93. The highest BCUT2D eigenvalue weighted by Gasteiger charge is 2.40. The van der Waals surface area contributed by atoms with Crippen molar-refractivity contribution in [2.45, 2.75) is 25.2 Å². The quantitative estimate of drug-likeness (QED) is 0.286. The van der Waals surface area contributed by atoms with Crippen LogP contribution in [0.1, 0.15) is 28.2 Å². The van der Waals surface area contributed by atoms with Gasteiger partial charge in [-0.3, -0.25) is 0 Å². The van der Waals surface area contributed by atoms with Crippen LogP contribution in [0.15, 0.2) is 40.9 Å². The highest BCUT2D eigenvalue weighted by Crippen LogP contribution is 2.42. The van der Waals surface area contributed by atoms with Crippen LogP contribution in [0.3, 0.4) is 0 Å². The summed E-state index contributed by atoms with van der Waals surface area (Å²) >= 11 is 14.5. The molecule has 2 aromatic rings. The number of hydrogen-bond donors (Lipinski definition) is 0. The second-order valence-electron chi connectivity index (χ2n) is 5.86. The molecular formula is C18H10BrCl2F7. The molecule has 10 heteroatoms. The second kappa shape index (κ2) is 8.24. The Morgan fingerprint density at radius 3 is 2.14 bits per heavy atom. The lowest BCUT2D eigenvalue weighted by atomic mass is 9.96. The van der Waals surface area contributed by atoms with Crippen LogP contribution in [0, 0.1) is 6.92 Å². The fourth-order valence-corrected chi connectivity index (χ4v) is 3.38. The van der Waals surface area contributed by atoms with Crippen molar-refractivity contribution in [2.24, 2.45) is 0 Å². The molecule has 152 valence electrons. The monoisotopic (exact) mass is 508 g/mol. The summed E-state index contributed by atoms with van der Waals surface area (Å²) in [6.07, 6.45) is -9.49. The molecule has 1 atom stereocenters. The van der Waals surface area contributed by atoms with Gasteiger partial charge in [0.2, 0.25) is 0 Å². The van der Waals surface area contributed by atoms with Gasteiger partial charge in [-0.2, -0.15) is 26.3 Å². The molecule has 0 aliphatic carbocycles. The van der Waals surface area contributed by atoms with Gasteiger partial charge < -0.3 is 0 Å². The van der Waals surface area contributed by atoms with E-state index in [4.69, 9.17) is 23.2 Å². The predicted molar refractivity (Wildman–Crippen MR) is 98.2 cm³/mol. The summed E-state index contributed by atoms with van der Waals surface area (Å²) in [4.78, 5) is 0. The molecule has 2 aromatic carbocycles. The van der Waals surface area contributed by atoms with E-state index in [0.29, 0.717) is 6.07 Å². The molecule has 0 heterocycles. The number of hydrogen-bond acceptors (Lipinski definition) is 0. The molecule has 0 aliphatic heterocycles. The van der Waals surface area contributed by atoms with E-state index in [0.717, 1.165) is 24.3 Å². The molecule has 0 nitrogen and oxygen atoms in total. The van der Waals surface area contributed by atoms with Crippen LogP contribution in [-0.4, -0.2) is 6.18 Å². The standard InChI is InChI=1S/C18H10BrCl2F7/c1-8-2-3-9(4-11(8)17(23,24)25)15(22)7-12(18(26,27)28)10-5-13(19)16(21)14(20)6-10/h2-7,12H,1H3/b15-7-. The summed E-state index contributed by atoms with van der Waals surface area (Å²) in [5, 5.41) is -0.215. The zero-order chi connectivity index (χ0) is 21.4. The molecule has 0 saturated carbocycles. The average molecular weight is 510 g/mol. The first-order chi connectivity index (χ1) is 12.7. The molecule has 2 rings (SSSR count). The van der Waals surface area contributed by atoms with E-state index >= 15 is 0 Å². The van der Waals surface area contributed by atoms with Gasteiger partial charge in [0.05, 0.1) is 15.6 Å². The van der Waals surface area contributed by atoms with Crippen molar-refractivity contribution in [3.8, 4) is 0 Å². The topological polar surface area (TPSA) is 0 Å². The normalized spacial score (nSPS) is 14.3. The zero-order valence-corrected chi connectivity index (χ0v) is 16.9. The lowest BCUT2D eigenvalue weighted by Gasteiger charge is -2.19. The molecule has 0 aromatic heterocycles. The highest BCUT2D eigenvalue weighted by atomic mass is 79.9. The number of halogens is 10. The van der Waals surface area contributed by atoms with Crippen molar-refractivity contribution in [2.75, 3.05) is 0 Å². The first-order valence-electron chi connectivity index (χ1n) is 7.48. The van der Waals surface area contributed by atoms with Gasteiger partial charge in [-0.15, -0.1) is 0 Å². The Morgan fingerprint density at radius 2 is 1.64 bits per heavy atom. The van der Waals surface area contributed by atoms with Gasteiger partial charge in [-0.05, 0) is 58.3 Å². The van der Waals surface area contributed by atoms with Gasteiger partial charge in [0.1, 0.15) is 11.7 Å². The van der Waals surface area contributed by atoms with Crippen molar-refractivity contribution in [1.82, 2.24) is 0 Å². The third-order valence-electron chi connectivity index (χ3n) is 3.85. The van der Waals surface area contributed by atoms with Crippen molar-refractivity contribution < 1.29 is 30.7 Å². The first-order valence-corrected chi connectivity index (χ1v) is 9.03. The lowest BCUT2D eigenvalue weighted by Crippen LogP contribution is -2.19. The summed E-state index contributed by atoms with van der Waals surface area (Å²) in [6, 6.07) is 4.39. The Morgan fingerprint density at radius 1 is 1.04 bits per heavy atom. The Hall–Kier alpha value is -1.25. The van der Waals surface area contributed by atoms with Gasteiger partial charge in [0.25, 0.3) is 0 Å². The van der Waals surface area contributed by atoms with Gasteiger partial charge in [-0.1, -0.05) is 35.3 Å². The van der Waals surface area contributed by atoms with Gasteiger partial charge in [-0.25, -0.2) is 4.39 Å². The van der Waals surface area contributed by atoms with E-state index in [-0.39, 0.29) is 26.2 Å². The Labute approximate surface area is 174 Å². The van der Waals surface area contributed by atoms with E-state index < -0.39 is 40.8 Å². The third-order valence-corrected chi connectivity index (χ3v) is 5.51. The molecule has 0 amide bonds. The molecule has 0 aliphatic rings. The smallest absolute Gasteiger partial charge is 0.207 e. The summed E-state index contributed by atoms with van der Waals surface area (Å²) < 4.78 is 94.0. The van der Waals surface area contributed by atoms with Crippen LogP contribution in [0.2, 0.25) is 10.0 Å². The maximum Gasteiger partial charge on any atom is 0.416 e.